The Bertz CT molecular complexity index is 517. The van der Waals surface area contributed by atoms with Gasteiger partial charge in [-0.1, -0.05) is 0 Å². The summed E-state index contributed by atoms with van der Waals surface area (Å²) in [6.07, 6.45) is 6.22. The Morgan fingerprint density at radius 2 is 1.69 bits per heavy atom. The second kappa shape index (κ2) is 11.5. The van der Waals surface area contributed by atoms with Crippen LogP contribution in [0.5, 0.6) is 0 Å². The molecule has 0 bridgehead atoms. The molecule has 0 saturated carbocycles. The van der Waals surface area contributed by atoms with Crippen LogP contribution < -0.4 is 5.32 Å². The molecule has 4 saturated heterocycles. The van der Waals surface area contributed by atoms with E-state index in [2.05, 4.69) is 25.0 Å². The van der Waals surface area contributed by atoms with Crippen LogP contribution in [-0.4, -0.2) is 112 Å². The van der Waals surface area contributed by atoms with Crippen molar-refractivity contribution < 1.29 is 9.47 Å². The van der Waals surface area contributed by atoms with E-state index in [9.17, 15) is 0 Å². The molecule has 1 unspecified atom stereocenters. The van der Waals surface area contributed by atoms with Crippen LogP contribution in [0.3, 0.4) is 0 Å². The minimum Gasteiger partial charge on any atom is -0.381 e. The Morgan fingerprint density at radius 3 is 2.38 bits per heavy atom. The van der Waals surface area contributed by atoms with Gasteiger partial charge in [-0.25, -0.2) is 0 Å². The third-order valence-electron chi connectivity index (χ3n) is 7.19. The van der Waals surface area contributed by atoms with Crippen molar-refractivity contribution in [2.45, 2.75) is 37.6 Å². The van der Waals surface area contributed by atoms with Crippen LogP contribution in [0.1, 0.15) is 32.1 Å². The first kappa shape index (κ1) is 23.5. The molecule has 0 aliphatic carbocycles. The summed E-state index contributed by atoms with van der Waals surface area (Å²) in [5.74, 6) is 1.84. The van der Waals surface area contributed by atoms with Crippen molar-refractivity contribution >= 4 is 29.9 Å². The first-order valence-corrected chi connectivity index (χ1v) is 11.4. The van der Waals surface area contributed by atoms with Crippen molar-refractivity contribution in [2.75, 3.05) is 85.8 Å². The van der Waals surface area contributed by atoms with Crippen molar-refractivity contribution in [3.05, 3.63) is 0 Å². The number of halogens is 1. The van der Waals surface area contributed by atoms with Gasteiger partial charge in [0, 0.05) is 65.1 Å². The molecule has 7 nitrogen and oxygen atoms in total. The molecule has 0 aromatic rings. The van der Waals surface area contributed by atoms with Crippen LogP contribution in [0, 0.1) is 5.92 Å². The number of nitrogens with one attached hydrogen (secondary N) is 1. The lowest BCUT2D eigenvalue weighted by Gasteiger charge is -2.45. The summed E-state index contributed by atoms with van der Waals surface area (Å²) in [5, 5.41) is 3.77. The number of guanidine groups is 1. The van der Waals surface area contributed by atoms with Gasteiger partial charge in [-0.15, -0.1) is 24.0 Å². The van der Waals surface area contributed by atoms with E-state index in [0.29, 0.717) is 0 Å². The van der Waals surface area contributed by atoms with E-state index in [1.165, 1.54) is 38.9 Å². The summed E-state index contributed by atoms with van der Waals surface area (Å²) in [6.45, 7) is 12.7. The molecule has 168 valence electrons. The molecule has 0 amide bonds. The van der Waals surface area contributed by atoms with Crippen LogP contribution in [0.2, 0.25) is 0 Å². The molecule has 4 aliphatic rings. The van der Waals surface area contributed by atoms with Gasteiger partial charge in [0.2, 0.25) is 0 Å². The highest BCUT2D eigenvalue weighted by Gasteiger charge is 2.40. The average molecular weight is 521 g/mol. The molecule has 1 atom stereocenters. The number of ether oxygens (including phenoxy) is 2. The molecule has 0 aromatic heterocycles. The van der Waals surface area contributed by atoms with E-state index in [0.717, 1.165) is 83.9 Å². The quantitative estimate of drug-likeness (QED) is 0.336. The van der Waals surface area contributed by atoms with E-state index in [1.54, 1.807) is 0 Å². The molecule has 4 rings (SSSR count). The maximum Gasteiger partial charge on any atom is 0.193 e. The molecule has 4 aliphatic heterocycles. The van der Waals surface area contributed by atoms with Crippen LogP contribution in [0.4, 0.5) is 0 Å². The number of likely N-dealkylation sites (tertiary alicyclic amines) is 2. The minimum absolute atomic E-state index is 0. The predicted molar refractivity (Wildman–Crippen MR) is 127 cm³/mol. The van der Waals surface area contributed by atoms with E-state index >= 15 is 0 Å². The smallest absolute Gasteiger partial charge is 0.193 e. The lowest BCUT2D eigenvalue weighted by molar-refractivity contribution is -0.0166. The highest BCUT2D eigenvalue weighted by Crippen LogP contribution is 2.31. The number of rotatable bonds is 5. The zero-order chi connectivity index (χ0) is 19.2. The molecule has 29 heavy (non-hydrogen) atoms. The van der Waals surface area contributed by atoms with Crippen molar-refractivity contribution in [2.24, 2.45) is 10.9 Å². The second-order valence-corrected chi connectivity index (χ2v) is 8.95. The highest BCUT2D eigenvalue weighted by molar-refractivity contribution is 14.0. The Balaban J connectivity index is 0.00000240. The third kappa shape index (κ3) is 5.96. The summed E-state index contributed by atoms with van der Waals surface area (Å²) in [4.78, 5) is 12.4. The monoisotopic (exact) mass is 521 g/mol. The Hall–Kier alpha value is -0.160. The van der Waals surface area contributed by atoms with Gasteiger partial charge in [0.25, 0.3) is 0 Å². The fourth-order valence-electron chi connectivity index (χ4n) is 5.45. The first-order chi connectivity index (χ1) is 13.8. The molecule has 0 radical (unpaired) electrons. The molecule has 0 spiro atoms. The van der Waals surface area contributed by atoms with E-state index in [-0.39, 0.29) is 29.5 Å². The van der Waals surface area contributed by atoms with Crippen molar-refractivity contribution in [1.29, 1.82) is 0 Å². The van der Waals surface area contributed by atoms with E-state index < -0.39 is 0 Å². The first-order valence-electron chi connectivity index (χ1n) is 11.4. The van der Waals surface area contributed by atoms with Crippen LogP contribution in [0.25, 0.3) is 0 Å². The third-order valence-corrected chi connectivity index (χ3v) is 7.19. The molecular weight excluding hydrogens is 481 g/mol. The number of hydrogen-bond acceptors (Lipinski definition) is 5. The maximum atomic E-state index is 5.69. The van der Waals surface area contributed by atoms with Crippen LogP contribution >= 0.6 is 24.0 Å². The zero-order valence-electron chi connectivity index (χ0n) is 18.1. The molecule has 4 fully saturated rings. The lowest BCUT2D eigenvalue weighted by Crippen LogP contribution is -2.58. The Labute approximate surface area is 193 Å². The zero-order valence-corrected chi connectivity index (χ0v) is 20.4. The normalized spacial score (nSPS) is 29.1. The van der Waals surface area contributed by atoms with E-state index in [1.807, 2.05) is 7.05 Å². The van der Waals surface area contributed by atoms with Gasteiger partial charge >= 0.3 is 0 Å². The largest absolute Gasteiger partial charge is 0.381 e. The van der Waals surface area contributed by atoms with Gasteiger partial charge in [0.1, 0.15) is 0 Å². The molecule has 1 N–H and O–H groups in total. The van der Waals surface area contributed by atoms with Gasteiger partial charge in [-0.2, -0.15) is 0 Å². The van der Waals surface area contributed by atoms with Crippen LogP contribution in [-0.2, 0) is 9.47 Å². The second-order valence-electron chi connectivity index (χ2n) is 8.95. The Kier molecular flexibility index (Phi) is 9.28. The predicted octanol–water partition coefficient (Wildman–Crippen LogP) is 1.48. The molecular formula is C21H40IN5O2. The van der Waals surface area contributed by atoms with Crippen LogP contribution in [0.15, 0.2) is 4.99 Å². The Morgan fingerprint density at radius 1 is 1.00 bits per heavy atom. The summed E-state index contributed by atoms with van der Waals surface area (Å²) in [6, 6.07) is 0. The molecule has 8 heteroatoms. The highest BCUT2D eigenvalue weighted by atomic mass is 127. The van der Waals surface area contributed by atoms with Crippen molar-refractivity contribution in [3.63, 3.8) is 0 Å². The van der Waals surface area contributed by atoms with Gasteiger partial charge in [-0.05, 0) is 51.1 Å². The SMILES string of the molecule is CN=C(NCC1(N2CCCC2)CCOCC1)N1CCC(CN2CCOCC2)C1.I. The number of nitrogens with zero attached hydrogens (tertiary/aromatic N) is 4. The average Bonchev–Trinajstić information content (AvgIpc) is 3.43. The standard InChI is InChI=1S/C21H39N5O2.HI/c1-22-20(25-9-4-19(17-25)16-24-10-14-28-15-11-24)23-18-21(5-12-27-13-6-21)26-7-2-3-8-26;/h19H,2-18H2,1H3,(H,22,23);1H. The topological polar surface area (TPSA) is 52.6 Å². The summed E-state index contributed by atoms with van der Waals surface area (Å²) in [5.41, 5.74) is 0.248. The van der Waals surface area contributed by atoms with Gasteiger partial charge < -0.3 is 19.7 Å². The number of hydrogen-bond donors (Lipinski definition) is 1. The summed E-state index contributed by atoms with van der Waals surface area (Å²) < 4.78 is 11.2. The lowest BCUT2D eigenvalue weighted by atomic mass is 9.88. The number of aliphatic imine (C=N–C) groups is 1. The van der Waals surface area contributed by atoms with Crippen molar-refractivity contribution in [1.82, 2.24) is 20.0 Å². The molecule has 4 heterocycles. The maximum absolute atomic E-state index is 5.69. The van der Waals surface area contributed by atoms with E-state index in [4.69, 9.17) is 9.47 Å². The van der Waals surface area contributed by atoms with Gasteiger partial charge in [0.05, 0.1) is 13.2 Å². The summed E-state index contributed by atoms with van der Waals surface area (Å²) >= 11 is 0. The fourth-order valence-corrected chi connectivity index (χ4v) is 5.45. The minimum atomic E-state index is 0. The van der Waals surface area contributed by atoms with Crippen molar-refractivity contribution in [3.8, 4) is 0 Å². The fraction of sp³-hybridized carbons (Fsp3) is 0.952. The summed E-state index contributed by atoms with van der Waals surface area (Å²) in [7, 11) is 1.93. The molecule has 0 aromatic carbocycles. The number of morpholine rings is 1. The van der Waals surface area contributed by atoms with Gasteiger partial charge in [-0.3, -0.25) is 14.8 Å². The van der Waals surface area contributed by atoms with Gasteiger partial charge in [0.15, 0.2) is 5.96 Å².